The maximum absolute atomic E-state index is 12.5. The van der Waals surface area contributed by atoms with E-state index in [1.807, 2.05) is 24.3 Å². The fourth-order valence-corrected chi connectivity index (χ4v) is 2.70. The van der Waals surface area contributed by atoms with E-state index in [0.29, 0.717) is 22.4 Å². The number of nitrogens with one attached hydrogen (secondary N) is 1. The van der Waals surface area contributed by atoms with Crippen LogP contribution in [0.2, 0.25) is 5.02 Å². The molecule has 2 aromatic carbocycles. The maximum atomic E-state index is 12.5. The molecular weight excluding hydrogens is 324 g/mol. The third-order valence-electron chi connectivity index (χ3n) is 3.73. The highest BCUT2D eigenvalue weighted by Gasteiger charge is 2.22. The van der Waals surface area contributed by atoms with E-state index in [0.717, 1.165) is 17.5 Å². The quantitative estimate of drug-likeness (QED) is 0.710. The minimum absolute atomic E-state index is 0.167. The van der Waals surface area contributed by atoms with E-state index in [-0.39, 0.29) is 11.9 Å². The zero-order valence-corrected chi connectivity index (χ0v) is 14.4. The van der Waals surface area contributed by atoms with Crippen molar-refractivity contribution in [1.29, 1.82) is 0 Å². The fourth-order valence-electron chi connectivity index (χ4n) is 2.57. The molecule has 1 N–H and O–H groups in total. The molecular formula is C19H19ClN2O2. The molecule has 1 amide bonds. The molecule has 1 heterocycles. The summed E-state index contributed by atoms with van der Waals surface area (Å²) in [6.07, 6.45) is 0.742. The van der Waals surface area contributed by atoms with E-state index >= 15 is 0 Å². The van der Waals surface area contributed by atoms with Gasteiger partial charge in [0.15, 0.2) is 5.58 Å². The molecule has 0 fully saturated rings. The van der Waals surface area contributed by atoms with E-state index in [1.165, 1.54) is 0 Å². The maximum Gasteiger partial charge on any atom is 0.251 e. The van der Waals surface area contributed by atoms with Crippen LogP contribution in [0.25, 0.3) is 11.1 Å². The van der Waals surface area contributed by atoms with Crippen LogP contribution in [0.1, 0.15) is 42.6 Å². The zero-order chi connectivity index (χ0) is 17.1. The van der Waals surface area contributed by atoms with Crippen molar-refractivity contribution in [2.24, 2.45) is 5.92 Å². The molecule has 0 spiro atoms. The number of para-hydroxylation sites is 2. The van der Waals surface area contributed by atoms with Crippen molar-refractivity contribution >= 4 is 28.6 Å². The summed E-state index contributed by atoms with van der Waals surface area (Å²) in [4.78, 5) is 17.0. The van der Waals surface area contributed by atoms with Crippen LogP contribution in [0, 0.1) is 5.92 Å². The van der Waals surface area contributed by atoms with Gasteiger partial charge in [-0.25, -0.2) is 4.98 Å². The molecule has 4 nitrogen and oxygen atoms in total. The lowest BCUT2D eigenvalue weighted by Crippen LogP contribution is -2.29. The summed E-state index contributed by atoms with van der Waals surface area (Å²) in [5, 5.41) is 3.62. The Labute approximate surface area is 145 Å². The fraction of sp³-hybridized carbons (Fsp3) is 0.263. The van der Waals surface area contributed by atoms with Crippen molar-refractivity contribution in [3.05, 3.63) is 65.0 Å². The van der Waals surface area contributed by atoms with Gasteiger partial charge in [0.1, 0.15) is 11.6 Å². The van der Waals surface area contributed by atoms with Gasteiger partial charge in [-0.1, -0.05) is 37.6 Å². The van der Waals surface area contributed by atoms with Crippen molar-refractivity contribution < 1.29 is 9.21 Å². The van der Waals surface area contributed by atoms with Crippen LogP contribution in [-0.2, 0) is 0 Å². The van der Waals surface area contributed by atoms with Crippen molar-refractivity contribution in [2.75, 3.05) is 0 Å². The van der Waals surface area contributed by atoms with Crippen molar-refractivity contribution in [2.45, 2.75) is 26.3 Å². The number of aromatic nitrogens is 1. The summed E-state index contributed by atoms with van der Waals surface area (Å²) < 4.78 is 5.84. The highest BCUT2D eigenvalue weighted by Crippen LogP contribution is 2.25. The molecule has 0 bridgehead atoms. The summed E-state index contributed by atoms with van der Waals surface area (Å²) in [7, 11) is 0. The van der Waals surface area contributed by atoms with E-state index in [1.54, 1.807) is 24.3 Å². The number of rotatable bonds is 5. The number of benzene rings is 2. The van der Waals surface area contributed by atoms with Gasteiger partial charge in [0.2, 0.25) is 5.89 Å². The summed E-state index contributed by atoms with van der Waals surface area (Å²) in [5.74, 6) is 0.752. The lowest BCUT2D eigenvalue weighted by atomic mass is 10.0. The third-order valence-corrected chi connectivity index (χ3v) is 3.98. The second-order valence-electron chi connectivity index (χ2n) is 6.18. The van der Waals surface area contributed by atoms with Crippen molar-refractivity contribution in [3.63, 3.8) is 0 Å². The Balaban J connectivity index is 1.85. The predicted molar refractivity (Wildman–Crippen MR) is 95.1 cm³/mol. The number of hydrogen-bond acceptors (Lipinski definition) is 3. The second-order valence-corrected chi connectivity index (χ2v) is 6.62. The normalized spacial score (nSPS) is 12.5. The van der Waals surface area contributed by atoms with Gasteiger partial charge in [0.05, 0.1) is 0 Å². The minimum Gasteiger partial charge on any atom is -0.438 e. The Kier molecular flexibility index (Phi) is 4.86. The summed E-state index contributed by atoms with van der Waals surface area (Å²) in [6, 6.07) is 14.1. The first-order valence-electron chi connectivity index (χ1n) is 7.95. The van der Waals surface area contributed by atoms with Crippen LogP contribution in [0.3, 0.4) is 0 Å². The molecule has 1 aromatic heterocycles. The van der Waals surface area contributed by atoms with Crippen LogP contribution in [0.4, 0.5) is 0 Å². The van der Waals surface area contributed by atoms with Crippen LogP contribution in [0.15, 0.2) is 52.9 Å². The van der Waals surface area contributed by atoms with Crippen molar-refractivity contribution in [1.82, 2.24) is 10.3 Å². The minimum atomic E-state index is -0.277. The van der Waals surface area contributed by atoms with Gasteiger partial charge in [-0.05, 0) is 48.7 Å². The van der Waals surface area contributed by atoms with Crippen molar-refractivity contribution in [3.8, 4) is 0 Å². The lowest BCUT2D eigenvalue weighted by molar-refractivity contribution is 0.0925. The molecule has 24 heavy (non-hydrogen) atoms. The SMILES string of the molecule is CC(C)C[C@@H](NC(=O)c1ccc(Cl)cc1)c1nc2ccccc2o1. The highest BCUT2D eigenvalue weighted by atomic mass is 35.5. The Hall–Kier alpha value is -2.33. The first kappa shape index (κ1) is 16.5. The number of carbonyl (C=O) groups is 1. The van der Waals surface area contributed by atoms with E-state index < -0.39 is 0 Å². The molecule has 0 aliphatic heterocycles. The van der Waals surface area contributed by atoms with Crippen LogP contribution < -0.4 is 5.32 Å². The number of fused-ring (bicyclic) bond motifs is 1. The number of amides is 1. The van der Waals surface area contributed by atoms with E-state index in [2.05, 4.69) is 24.1 Å². The molecule has 0 radical (unpaired) electrons. The summed E-state index contributed by atoms with van der Waals surface area (Å²) in [5.41, 5.74) is 2.08. The Morgan fingerprint density at radius 3 is 2.54 bits per heavy atom. The van der Waals surface area contributed by atoms with Gasteiger partial charge in [-0.3, -0.25) is 4.79 Å². The number of carbonyl (C=O) groups excluding carboxylic acids is 1. The number of nitrogens with zero attached hydrogens (tertiary/aromatic N) is 1. The monoisotopic (exact) mass is 342 g/mol. The molecule has 0 saturated carbocycles. The van der Waals surface area contributed by atoms with E-state index in [4.69, 9.17) is 16.0 Å². The average Bonchev–Trinajstić information content (AvgIpc) is 2.98. The van der Waals surface area contributed by atoms with Gasteiger partial charge in [-0.2, -0.15) is 0 Å². The highest BCUT2D eigenvalue weighted by molar-refractivity contribution is 6.30. The number of hydrogen-bond donors (Lipinski definition) is 1. The standard InChI is InChI=1S/C19H19ClN2O2/c1-12(2)11-16(19-22-15-5-3-4-6-17(15)24-19)21-18(23)13-7-9-14(20)10-8-13/h3-10,12,16H,11H2,1-2H3,(H,21,23)/t16-/m1/s1. The van der Waals surface area contributed by atoms with Crippen LogP contribution in [0.5, 0.6) is 0 Å². The molecule has 124 valence electrons. The molecule has 3 aromatic rings. The Morgan fingerprint density at radius 1 is 1.17 bits per heavy atom. The average molecular weight is 343 g/mol. The second kappa shape index (κ2) is 7.05. The van der Waals surface area contributed by atoms with Crippen LogP contribution >= 0.6 is 11.6 Å². The molecule has 5 heteroatoms. The Morgan fingerprint density at radius 2 is 1.88 bits per heavy atom. The van der Waals surface area contributed by atoms with Gasteiger partial charge < -0.3 is 9.73 Å². The van der Waals surface area contributed by atoms with Gasteiger partial charge in [0, 0.05) is 10.6 Å². The molecule has 1 atom stereocenters. The summed E-state index contributed by atoms with van der Waals surface area (Å²) in [6.45, 7) is 4.20. The van der Waals surface area contributed by atoms with Crippen LogP contribution in [-0.4, -0.2) is 10.9 Å². The predicted octanol–water partition coefficient (Wildman–Crippen LogP) is 5.00. The third kappa shape index (κ3) is 3.77. The van der Waals surface area contributed by atoms with Gasteiger partial charge in [-0.15, -0.1) is 0 Å². The molecule has 3 rings (SSSR count). The Bertz CT molecular complexity index is 807. The first-order valence-corrected chi connectivity index (χ1v) is 8.32. The van der Waals surface area contributed by atoms with Gasteiger partial charge in [0.25, 0.3) is 5.91 Å². The molecule has 0 saturated heterocycles. The lowest BCUT2D eigenvalue weighted by Gasteiger charge is -2.17. The number of halogens is 1. The summed E-state index contributed by atoms with van der Waals surface area (Å²) >= 11 is 5.88. The topological polar surface area (TPSA) is 55.1 Å². The molecule has 0 aliphatic carbocycles. The molecule has 0 unspecified atom stereocenters. The smallest absolute Gasteiger partial charge is 0.251 e. The van der Waals surface area contributed by atoms with E-state index in [9.17, 15) is 4.79 Å². The first-order chi connectivity index (χ1) is 11.5. The van der Waals surface area contributed by atoms with Gasteiger partial charge >= 0.3 is 0 Å². The number of oxazole rings is 1. The molecule has 0 aliphatic rings. The largest absolute Gasteiger partial charge is 0.438 e. The zero-order valence-electron chi connectivity index (χ0n) is 13.6.